The minimum Gasteiger partial charge on any atom is -0.507 e. The molecule has 0 saturated heterocycles. The second-order valence-corrected chi connectivity index (χ2v) is 5.70. The van der Waals surface area contributed by atoms with Crippen molar-refractivity contribution in [3.63, 3.8) is 0 Å². The summed E-state index contributed by atoms with van der Waals surface area (Å²) in [6, 6.07) is 12.7. The molecule has 2 aromatic carbocycles. The largest absolute Gasteiger partial charge is 0.507 e. The lowest BCUT2D eigenvalue weighted by Crippen LogP contribution is -1.89. The second kappa shape index (κ2) is 5.84. The van der Waals surface area contributed by atoms with Crippen molar-refractivity contribution in [1.29, 1.82) is 0 Å². The third-order valence-electron chi connectivity index (χ3n) is 2.96. The first-order chi connectivity index (χ1) is 10.1. The van der Waals surface area contributed by atoms with Crippen molar-refractivity contribution in [2.45, 2.75) is 0 Å². The summed E-state index contributed by atoms with van der Waals surface area (Å²) in [7, 11) is 0. The minimum absolute atomic E-state index is 0.194. The van der Waals surface area contributed by atoms with E-state index >= 15 is 0 Å². The van der Waals surface area contributed by atoms with Crippen molar-refractivity contribution in [1.82, 2.24) is 9.97 Å². The van der Waals surface area contributed by atoms with E-state index in [0.717, 1.165) is 15.5 Å². The molecule has 0 aliphatic carbocycles. The first kappa shape index (κ1) is 14.0. The Morgan fingerprint density at radius 3 is 2.48 bits per heavy atom. The number of aromatic hydroxyl groups is 1. The van der Waals surface area contributed by atoms with Crippen LogP contribution in [-0.4, -0.2) is 15.1 Å². The standard InChI is InChI=1S/C16H10BrClN2O/c17-11-6-8-15(21)10(9-11)5-7-14-16(18)20-13-4-2-1-3-12(13)19-14/h1-9,21H. The molecular formula is C16H10BrClN2O. The van der Waals surface area contributed by atoms with Crippen molar-refractivity contribution in [2.24, 2.45) is 0 Å². The molecule has 104 valence electrons. The summed E-state index contributed by atoms with van der Waals surface area (Å²) in [5.41, 5.74) is 2.77. The molecule has 1 aromatic heterocycles. The van der Waals surface area contributed by atoms with Gasteiger partial charge in [-0.15, -0.1) is 0 Å². The van der Waals surface area contributed by atoms with Crippen LogP contribution in [0.25, 0.3) is 23.2 Å². The van der Waals surface area contributed by atoms with Crippen LogP contribution in [0.15, 0.2) is 46.9 Å². The Hall–Kier alpha value is -1.91. The van der Waals surface area contributed by atoms with Crippen molar-refractivity contribution in [2.75, 3.05) is 0 Å². The monoisotopic (exact) mass is 360 g/mol. The van der Waals surface area contributed by atoms with E-state index in [0.29, 0.717) is 16.4 Å². The molecular weight excluding hydrogens is 352 g/mol. The number of rotatable bonds is 2. The molecule has 0 amide bonds. The molecule has 1 heterocycles. The molecule has 0 bridgehead atoms. The molecule has 1 N–H and O–H groups in total. The molecule has 0 atom stereocenters. The van der Waals surface area contributed by atoms with E-state index < -0.39 is 0 Å². The fourth-order valence-corrected chi connectivity index (χ4v) is 2.50. The Morgan fingerprint density at radius 2 is 1.71 bits per heavy atom. The van der Waals surface area contributed by atoms with Gasteiger partial charge in [-0.3, -0.25) is 0 Å². The number of hydrogen-bond acceptors (Lipinski definition) is 3. The Morgan fingerprint density at radius 1 is 1.00 bits per heavy atom. The molecule has 0 aliphatic heterocycles. The first-order valence-electron chi connectivity index (χ1n) is 6.22. The van der Waals surface area contributed by atoms with Crippen molar-refractivity contribution in [3.8, 4) is 5.75 Å². The van der Waals surface area contributed by atoms with Crippen LogP contribution in [0.2, 0.25) is 5.15 Å². The average Bonchev–Trinajstić information content (AvgIpc) is 2.48. The van der Waals surface area contributed by atoms with Crippen molar-refractivity contribution >= 4 is 50.7 Å². The van der Waals surface area contributed by atoms with Crippen LogP contribution in [0.4, 0.5) is 0 Å². The lowest BCUT2D eigenvalue weighted by Gasteiger charge is -2.02. The number of benzene rings is 2. The fourth-order valence-electron chi connectivity index (χ4n) is 1.93. The van der Waals surface area contributed by atoms with Crippen LogP contribution >= 0.6 is 27.5 Å². The van der Waals surface area contributed by atoms with Gasteiger partial charge in [0.05, 0.1) is 11.0 Å². The number of phenolic OH excluding ortho intramolecular Hbond substituents is 1. The number of halogens is 2. The molecule has 3 nitrogen and oxygen atoms in total. The molecule has 0 saturated carbocycles. The first-order valence-corrected chi connectivity index (χ1v) is 7.39. The topological polar surface area (TPSA) is 46.0 Å². The molecule has 0 radical (unpaired) electrons. The zero-order valence-corrected chi connectivity index (χ0v) is 13.1. The zero-order valence-electron chi connectivity index (χ0n) is 10.8. The zero-order chi connectivity index (χ0) is 14.8. The van der Waals surface area contributed by atoms with E-state index in [1.807, 2.05) is 30.3 Å². The van der Waals surface area contributed by atoms with Crippen molar-refractivity contribution in [3.05, 3.63) is 63.3 Å². The van der Waals surface area contributed by atoms with Gasteiger partial charge >= 0.3 is 0 Å². The highest BCUT2D eigenvalue weighted by molar-refractivity contribution is 9.10. The molecule has 0 spiro atoms. The van der Waals surface area contributed by atoms with Crippen LogP contribution in [0.5, 0.6) is 5.75 Å². The molecule has 3 aromatic rings. The summed E-state index contributed by atoms with van der Waals surface area (Å²) >= 11 is 9.51. The minimum atomic E-state index is 0.194. The summed E-state index contributed by atoms with van der Waals surface area (Å²) in [4.78, 5) is 8.78. The Bertz CT molecular complexity index is 849. The van der Waals surface area contributed by atoms with Gasteiger partial charge in [0.1, 0.15) is 11.4 Å². The van der Waals surface area contributed by atoms with Gasteiger partial charge in [0.15, 0.2) is 5.15 Å². The summed E-state index contributed by atoms with van der Waals surface area (Å²) in [5.74, 6) is 0.194. The quantitative estimate of drug-likeness (QED) is 0.704. The highest BCUT2D eigenvalue weighted by Gasteiger charge is 2.04. The number of para-hydroxylation sites is 2. The van der Waals surface area contributed by atoms with Crippen LogP contribution in [0, 0.1) is 0 Å². The average molecular weight is 362 g/mol. The van der Waals surface area contributed by atoms with Crippen LogP contribution in [0.1, 0.15) is 11.3 Å². The van der Waals surface area contributed by atoms with E-state index in [2.05, 4.69) is 25.9 Å². The Kier molecular flexibility index (Phi) is 3.90. The highest BCUT2D eigenvalue weighted by Crippen LogP contribution is 2.25. The lowest BCUT2D eigenvalue weighted by atomic mass is 10.2. The van der Waals surface area contributed by atoms with E-state index in [9.17, 15) is 5.11 Å². The highest BCUT2D eigenvalue weighted by atomic mass is 79.9. The van der Waals surface area contributed by atoms with Gasteiger partial charge in [-0.2, -0.15) is 0 Å². The third-order valence-corrected chi connectivity index (χ3v) is 3.73. The molecule has 3 rings (SSSR count). The van der Waals surface area contributed by atoms with Gasteiger partial charge in [0, 0.05) is 10.0 Å². The number of fused-ring (bicyclic) bond motifs is 1. The number of hydrogen-bond donors (Lipinski definition) is 1. The van der Waals surface area contributed by atoms with Crippen LogP contribution < -0.4 is 0 Å². The second-order valence-electron chi connectivity index (χ2n) is 4.42. The van der Waals surface area contributed by atoms with Gasteiger partial charge < -0.3 is 5.11 Å². The molecule has 0 aliphatic rings. The van der Waals surface area contributed by atoms with E-state index in [4.69, 9.17) is 11.6 Å². The Balaban J connectivity index is 2.02. The van der Waals surface area contributed by atoms with E-state index in [-0.39, 0.29) is 5.75 Å². The summed E-state index contributed by atoms with van der Waals surface area (Å²) in [5, 5.41) is 10.1. The van der Waals surface area contributed by atoms with Gasteiger partial charge in [0.2, 0.25) is 0 Å². The maximum absolute atomic E-state index is 9.81. The summed E-state index contributed by atoms with van der Waals surface area (Å²) in [6.07, 6.45) is 3.49. The number of phenols is 1. The van der Waals surface area contributed by atoms with E-state index in [1.54, 1.807) is 24.3 Å². The van der Waals surface area contributed by atoms with Gasteiger partial charge in [0.25, 0.3) is 0 Å². The van der Waals surface area contributed by atoms with Crippen LogP contribution in [0.3, 0.4) is 0 Å². The van der Waals surface area contributed by atoms with Crippen molar-refractivity contribution < 1.29 is 5.11 Å². The Labute approximate surface area is 135 Å². The number of aromatic nitrogens is 2. The smallest absolute Gasteiger partial charge is 0.155 e. The summed E-state index contributed by atoms with van der Waals surface area (Å²) < 4.78 is 0.885. The van der Waals surface area contributed by atoms with Gasteiger partial charge in [-0.25, -0.2) is 9.97 Å². The SMILES string of the molecule is Oc1ccc(Br)cc1C=Cc1nc2ccccc2nc1Cl. The predicted octanol–water partition coefficient (Wildman–Crippen LogP) is 4.92. The number of nitrogens with zero attached hydrogens (tertiary/aromatic N) is 2. The van der Waals surface area contributed by atoms with Gasteiger partial charge in [-0.05, 0) is 42.5 Å². The lowest BCUT2D eigenvalue weighted by molar-refractivity contribution is 0.474. The molecule has 0 fully saturated rings. The maximum atomic E-state index is 9.81. The van der Waals surface area contributed by atoms with Gasteiger partial charge in [-0.1, -0.05) is 39.7 Å². The predicted molar refractivity (Wildman–Crippen MR) is 89.3 cm³/mol. The fraction of sp³-hybridized carbons (Fsp3) is 0. The molecule has 0 unspecified atom stereocenters. The normalized spacial score (nSPS) is 11.3. The third kappa shape index (κ3) is 3.06. The summed E-state index contributed by atoms with van der Waals surface area (Å²) in [6.45, 7) is 0. The molecule has 21 heavy (non-hydrogen) atoms. The van der Waals surface area contributed by atoms with Crippen LogP contribution in [-0.2, 0) is 0 Å². The molecule has 5 heteroatoms. The maximum Gasteiger partial charge on any atom is 0.155 e. The van der Waals surface area contributed by atoms with E-state index in [1.165, 1.54) is 0 Å².